The van der Waals surface area contributed by atoms with E-state index in [1.165, 1.54) is 11.1 Å². The molecule has 1 aromatic rings. The second kappa shape index (κ2) is 6.91. The van der Waals surface area contributed by atoms with Crippen molar-refractivity contribution in [1.29, 1.82) is 0 Å². The first-order valence-electron chi connectivity index (χ1n) is 7.12. The van der Waals surface area contributed by atoms with E-state index < -0.39 is 0 Å². The minimum atomic E-state index is 0.0667. The molecule has 0 saturated carbocycles. The van der Waals surface area contributed by atoms with Crippen molar-refractivity contribution in [3.8, 4) is 0 Å². The van der Waals surface area contributed by atoms with Crippen molar-refractivity contribution >= 4 is 0 Å². The first-order valence-corrected chi connectivity index (χ1v) is 7.12. The second-order valence-electron chi connectivity index (χ2n) is 5.22. The third-order valence-electron chi connectivity index (χ3n) is 3.98. The molecule has 2 N–H and O–H groups in total. The molecule has 1 rings (SSSR count). The number of benzene rings is 1. The average molecular weight is 248 g/mol. The molecule has 1 atom stereocenters. The molecule has 0 fully saturated rings. The molecule has 0 amide bonds. The van der Waals surface area contributed by atoms with Crippen LogP contribution in [0, 0.1) is 0 Å². The van der Waals surface area contributed by atoms with Gasteiger partial charge in [0.05, 0.1) is 0 Å². The third kappa shape index (κ3) is 3.56. The highest BCUT2D eigenvalue weighted by Gasteiger charge is 2.28. The van der Waals surface area contributed by atoms with Gasteiger partial charge in [-0.15, -0.1) is 0 Å². The fourth-order valence-electron chi connectivity index (χ4n) is 2.63. The summed E-state index contributed by atoms with van der Waals surface area (Å²) in [5.74, 6) is 0. The van der Waals surface area contributed by atoms with Gasteiger partial charge in [-0.25, -0.2) is 0 Å². The summed E-state index contributed by atoms with van der Waals surface area (Å²) in [4.78, 5) is 2.46. The van der Waals surface area contributed by atoms with Gasteiger partial charge in [0, 0.05) is 12.1 Å². The largest absolute Gasteiger partial charge is 0.329 e. The van der Waals surface area contributed by atoms with E-state index in [1.54, 1.807) is 0 Å². The van der Waals surface area contributed by atoms with E-state index in [9.17, 15) is 0 Å². The number of nitrogens with two attached hydrogens (primary N) is 1. The van der Waals surface area contributed by atoms with Crippen LogP contribution in [-0.2, 0) is 12.8 Å². The molecule has 0 bridgehead atoms. The number of rotatable bonds is 7. The van der Waals surface area contributed by atoms with E-state index in [1.807, 2.05) is 0 Å². The van der Waals surface area contributed by atoms with Crippen LogP contribution in [0.5, 0.6) is 0 Å². The van der Waals surface area contributed by atoms with E-state index in [0.29, 0.717) is 6.54 Å². The van der Waals surface area contributed by atoms with Crippen LogP contribution in [0.2, 0.25) is 0 Å². The molecule has 0 aliphatic rings. The van der Waals surface area contributed by atoms with Crippen LogP contribution in [0.15, 0.2) is 24.3 Å². The Labute approximate surface area is 112 Å². The van der Waals surface area contributed by atoms with Crippen molar-refractivity contribution in [2.24, 2.45) is 5.73 Å². The van der Waals surface area contributed by atoms with E-state index >= 15 is 0 Å². The van der Waals surface area contributed by atoms with E-state index in [0.717, 1.165) is 25.9 Å². The van der Waals surface area contributed by atoms with Gasteiger partial charge in [-0.05, 0) is 44.0 Å². The molecule has 0 aliphatic heterocycles. The zero-order chi connectivity index (χ0) is 13.6. The first kappa shape index (κ1) is 15.2. The molecule has 0 radical (unpaired) electrons. The molecule has 0 heterocycles. The summed E-state index contributed by atoms with van der Waals surface area (Å²) in [7, 11) is 0. The van der Waals surface area contributed by atoms with E-state index in [4.69, 9.17) is 5.73 Å². The van der Waals surface area contributed by atoms with Crippen molar-refractivity contribution in [2.75, 3.05) is 19.6 Å². The Kier molecular flexibility index (Phi) is 5.83. The number of aryl methyl sites for hydroxylation is 1. The predicted octanol–water partition coefficient (Wildman–Crippen LogP) is 2.85. The SMILES string of the molecule is CCc1ccc(CC(C)(CN)N(CC)CC)cc1. The summed E-state index contributed by atoms with van der Waals surface area (Å²) in [6, 6.07) is 8.95. The van der Waals surface area contributed by atoms with Gasteiger partial charge >= 0.3 is 0 Å². The Morgan fingerprint density at radius 2 is 1.50 bits per heavy atom. The Hall–Kier alpha value is -0.860. The van der Waals surface area contributed by atoms with Crippen molar-refractivity contribution in [1.82, 2.24) is 4.90 Å². The lowest BCUT2D eigenvalue weighted by Crippen LogP contribution is -2.53. The van der Waals surface area contributed by atoms with E-state index in [2.05, 4.69) is 56.9 Å². The Balaban J connectivity index is 2.83. The lowest BCUT2D eigenvalue weighted by molar-refractivity contribution is 0.124. The summed E-state index contributed by atoms with van der Waals surface area (Å²) in [5, 5.41) is 0. The molecule has 18 heavy (non-hydrogen) atoms. The summed E-state index contributed by atoms with van der Waals surface area (Å²) in [5.41, 5.74) is 8.87. The van der Waals surface area contributed by atoms with Gasteiger partial charge in [0.1, 0.15) is 0 Å². The zero-order valence-electron chi connectivity index (χ0n) is 12.4. The summed E-state index contributed by atoms with van der Waals surface area (Å²) < 4.78 is 0. The molecule has 0 spiro atoms. The predicted molar refractivity (Wildman–Crippen MR) is 79.9 cm³/mol. The third-order valence-corrected chi connectivity index (χ3v) is 3.98. The molecule has 1 aromatic carbocycles. The highest BCUT2D eigenvalue weighted by atomic mass is 15.2. The van der Waals surface area contributed by atoms with Gasteiger partial charge in [0.2, 0.25) is 0 Å². The summed E-state index contributed by atoms with van der Waals surface area (Å²) in [6.07, 6.45) is 2.12. The Morgan fingerprint density at radius 3 is 1.89 bits per heavy atom. The van der Waals surface area contributed by atoms with Crippen molar-refractivity contribution in [3.05, 3.63) is 35.4 Å². The van der Waals surface area contributed by atoms with Crippen LogP contribution < -0.4 is 5.73 Å². The van der Waals surface area contributed by atoms with Crippen molar-refractivity contribution < 1.29 is 0 Å². The van der Waals surface area contributed by atoms with Crippen LogP contribution in [0.25, 0.3) is 0 Å². The molecule has 0 aromatic heterocycles. The Bertz CT molecular complexity index is 341. The van der Waals surface area contributed by atoms with Gasteiger partial charge in [-0.3, -0.25) is 4.90 Å². The quantitative estimate of drug-likeness (QED) is 0.804. The molecule has 0 aliphatic carbocycles. The number of hydrogen-bond donors (Lipinski definition) is 1. The van der Waals surface area contributed by atoms with Crippen LogP contribution in [0.3, 0.4) is 0 Å². The maximum atomic E-state index is 6.02. The van der Waals surface area contributed by atoms with E-state index in [-0.39, 0.29) is 5.54 Å². The number of nitrogens with zero attached hydrogens (tertiary/aromatic N) is 1. The van der Waals surface area contributed by atoms with Crippen LogP contribution >= 0.6 is 0 Å². The van der Waals surface area contributed by atoms with Crippen LogP contribution in [0.4, 0.5) is 0 Å². The standard InChI is InChI=1S/C16H28N2/c1-5-14-8-10-15(11-9-14)12-16(4,13-17)18(6-2)7-3/h8-11H,5-7,12-13,17H2,1-4H3. The normalized spacial score (nSPS) is 14.8. The molecular weight excluding hydrogens is 220 g/mol. The molecule has 2 nitrogen and oxygen atoms in total. The Morgan fingerprint density at radius 1 is 1.00 bits per heavy atom. The highest BCUT2D eigenvalue weighted by molar-refractivity contribution is 5.24. The molecule has 102 valence electrons. The van der Waals surface area contributed by atoms with Gasteiger partial charge in [0.15, 0.2) is 0 Å². The second-order valence-corrected chi connectivity index (χ2v) is 5.22. The van der Waals surface area contributed by atoms with Gasteiger partial charge in [-0.1, -0.05) is 45.0 Å². The topological polar surface area (TPSA) is 29.3 Å². The minimum absolute atomic E-state index is 0.0667. The molecule has 1 unspecified atom stereocenters. The monoisotopic (exact) mass is 248 g/mol. The molecule has 2 heteroatoms. The van der Waals surface area contributed by atoms with Crippen LogP contribution in [-0.4, -0.2) is 30.1 Å². The lowest BCUT2D eigenvalue weighted by Gasteiger charge is -2.39. The maximum absolute atomic E-state index is 6.02. The van der Waals surface area contributed by atoms with Crippen molar-refractivity contribution in [2.45, 2.75) is 46.1 Å². The summed E-state index contributed by atoms with van der Waals surface area (Å²) >= 11 is 0. The highest BCUT2D eigenvalue weighted by Crippen LogP contribution is 2.20. The number of likely N-dealkylation sites (N-methyl/N-ethyl adjacent to an activating group) is 1. The van der Waals surface area contributed by atoms with Gasteiger partial charge < -0.3 is 5.73 Å². The van der Waals surface area contributed by atoms with Crippen LogP contribution in [0.1, 0.15) is 38.8 Å². The first-order chi connectivity index (χ1) is 8.59. The molecular formula is C16H28N2. The van der Waals surface area contributed by atoms with Gasteiger partial charge in [0.25, 0.3) is 0 Å². The lowest BCUT2D eigenvalue weighted by atomic mass is 9.90. The maximum Gasteiger partial charge on any atom is 0.0343 e. The minimum Gasteiger partial charge on any atom is -0.329 e. The average Bonchev–Trinajstić information content (AvgIpc) is 2.41. The fourth-order valence-corrected chi connectivity index (χ4v) is 2.63. The zero-order valence-corrected chi connectivity index (χ0v) is 12.4. The van der Waals surface area contributed by atoms with Crippen molar-refractivity contribution in [3.63, 3.8) is 0 Å². The van der Waals surface area contributed by atoms with Gasteiger partial charge in [-0.2, -0.15) is 0 Å². The fraction of sp³-hybridized carbons (Fsp3) is 0.625. The smallest absolute Gasteiger partial charge is 0.0343 e. The summed E-state index contributed by atoms with van der Waals surface area (Å²) in [6.45, 7) is 11.7. The number of hydrogen-bond acceptors (Lipinski definition) is 2. The molecule has 0 saturated heterocycles.